The van der Waals surface area contributed by atoms with Crippen LogP contribution in [0.25, 0.3) is 10.9 Å². The van der Waals surface area contributed by atoms with Crippen LogP contribution in [0.15, 0.2) is 36.5 Å². The SMILES string of the molecule is CC1CCC(O)(c2cccc3ncccc23)C1. The van der Waals surface area contributed by atoms with E-state index in [-0.39, 0.29) is 0 Å². The van der Waals surface area contributed by atoms with Gasteiger partial charge in [-0.25, -0.2) is 0 Å². The fourth-order valence-corrected chi connectivity index (χ4v) is 3.02. The summed E-state index contributed by atoms with van der Waals surface area (Å²) in [7, 11) is 0. The molecule has 17 heavy (non-hydrogen) atoms. The van der Waals surface area contributed by atoms with Crippen molar-refractivity contribution in [3.8, 4) is 0 Å². The van der Waals surface area contributed by atoms with Crippen LogP contribution in [0.3, 0.4) is 0 Å². The number of aromatic nitrogens is 1. The predicted octanol–water partition coefficient (Wildman–Crippen LogP) is 3.24. The number of benzene rings is 1. The van der Waals surface area contributed by atoms with Crippen molar-refractivity contribution in [1.82, 2.24) is 4.98 Å². The van der Waals surface area contributed by atoms with E-state index in [1.165, 1.54) is 0 Å². The first-order chi connectivity index (χ1) is 8.19. The Hall–Kier alpha value is -1.41. The molecule has 1 aromatic heterocycles. The van der Waals surface area contributed by atoms with Crippen LogP contribution in [-0.4, -0.2) is 10.1 Å². The van der Waals surface area contributed by atoms with Gasteiger partial charge in [0.15, 0.2) is 0 Å². The highest BCUT2D eigenvalue weighted by molar-refractivity contribution is 5.82. The Morgan fingerprint density at radius 1 is 1.29 bits per heavy atom. The van der Waals surface area contributed by atoms with Gasteiger partial charge in [0, 0.05) is 11.6 Å². The van der Waals surface area contributed by atoms with Crippen molar-refractivity contribution in [2.75, 3.05) is 0 Å². The molecule has 1 aliphatic rings. The molecule has 0 aliphatic heterocycles. The highest BCUT2D eigenvalue weighted by Gasteiger charge is 2.37. The van der Waals surface area contributed by atoms with Gasteiger partial charge in [0.05, 0.1) is 11.1 Å². The number of aliphatic hydroxyl groups is 1. The van der Waals surface area contributed by atoms with Crippen molar-refractivity contribution in [2.45, 2.75) is 31.8 Å². The maximum absolute atomic E-state index is 10.8. The first-order valence-corrected chi connectivity index (χ1v) is 6.26. The Balaban J connectivity index is 2.17. The molecule has 0 saturated heterocycles. The standard InChI is InChI=1S/C15H17NO/c1-11-7-8-15(17,10-11)13-5-2-6-14-12(13)4-3-9-16-14/h2-6,9,11,17H,7-8,10H2,1H3. The van der Waals surface area contributed by atoms with Gasteiger partial charge >= 0.3 is 0 Å². The van der Waals surface area contributed by atoms with Gasteiger partial charge < -0.3 is 5.11 Å². The normalized spacial score (nSPS) is 28.7. The smallest absolute Gasteiger partial charge is 0.0905 e. The third-order valence-electron chi connectivity index (χ3n) is 3.88. The summed E-state index contributed by atoms with van der Waals surface area (Å²) in [5.74, 6) is 0.604. The maximum atomic E-state index is 10.8. The van der Waals surface area contributed by atoms with Crippen molar-refractivity contribution in [3.63, 3.8) is 0 Å². The first kappa shape index (κ1) is 10.7. The summed E-state index contributed by atoms with van der Waals surface area (Å²) in [6, 6.07) is 10.0. The molecule has 3 rings (SSSR count). The summed E-state index contributed by atoms with van der Waals surface area (Å²) in [6.07, 6.45) is 4.63. The molecule has 0 radical (unpaired) electrons. The summed E-state index contributed by atoms with van der Waals surface area (Å²) in [5.41, 5.74) is 1.37. The molecule has 1 heterocycles. The van der Waals surface area contributed by atoms with Crippen LogP contribution in [-0.2, 0) is 5.60 Å². The molecule has 2 unspecified atom stereocenters. The average Bonchev–Trinajstić information content (AvgIpc) is 2.70. The average molecular weight is 227 g/mol. The largest absolute Gasteiger partial charge is 0.385 e. The zero-order valence-electron chi connectivity index (χ0n) is 10.1. The van der Waals surface area contributed by atoms with Crippen LogP contribution in [0.4, 0.5) is 0 Å². The lowest BCUT2D eigenvalue weighted by atomic mass is 9.88. The second-order valence-corrected chi connectivity index (χ2v) is 5.26. The summed E-state index contributed by atoms with van der Waals surface area (Å²) >= 11 is 0. The Kier molecular flexibility index (Phi) is 2.40. The summed E-state index contributed by atoms with van der Waals surface area (Å²) < 4.78 is 0. The van der Waals surface area contributed by atoms with E-state index in [0.29, 0.717) is 5.92 Å². The van der Waals surface area contributed by atoms with Gasteiger partial charge in [-0.1, -0.05) is 25.1 Å². The van der Waals surface area contributed by atoms with E-state index in [2.05, 4.69) is 18.0 Å². The lowest BCUT2D eigenvalue weighted by Crippen LogP contribution is -2.22. The van der Waals surface area contributed by atoms with Crippen LogP contribution in [0.1, 0.15) is 31.7 Å². The van der Waals surface area contributed by atoms with E-state index in [1.54, 1.807) is 6.20 Å². The summed E-state index contributed by atoms with van der Waals surface area (Å²) in [4.78, 5) is 4.35. The van der Waals surface area contributed by atoms with Gasteiger partial charge in [-0.2, -0.15) is 0 Å². The summed E-state index contributed by atoms with van der Waals surface area (Å²) in [6.45, 7) is 2.21. The molecule has 88 valence electrons. The monoisotopic (exact) mass is 227 g/mol. The van der Waals surface area contributed by atoms with Crippen molar-refractivity contribution >= 4 is 10.9 Å². The Morgan fingerprint density at radius 2 is 2.18 bits per heavy atom. The van der Waals surface area contributed by atoms with Crippen molar-refractivity contribution < 1.29 is 5.11 Å². The lowest BCUT2D eigenvalue weighted by Gasteiger charge is -2.24. The van der Waals surface area contributed by atoms with E-state index in [9.17, 15) is 5.11 Å². The maximum Gasteiger partial charge on any atom is 0.0905 e. The number of rotatable bonds is 1. The Labute approximate surface area is 101 Å². The molecule has 2 aromatic rings. The second-order valence-electron chi connectivity index (χ2n) is 5.26. The van der Waals surface area contributed by atoms with Gasteiger partial charge in [-0.15, -0.1) is 0 Å². The zero-order valence-corrected chi connectivity index (χ0v) is 10.1. The number of fused-ring (bicyclic) bond motifs is 1. The minimum atomic E-state index is -0.651. The van der Waals surface area contributed by atoms with E-state index in [0.717, 1.165) is 35.7 Å². The molecule has 2 nitrogen and oxygen atoms in total. The number of nitrogens with zero attached hydrogens (tertiary/aromatic N) is 1. The quantitative estimate of drug-likeness (QED) is 0.811. The fraction of sp³-hybridized carbons (Fsp3) is 0.400. The minimum absolute atomic E-state index is 0.604. The zero-order chi connectivity index (χ0) is 11.9. The molecule has 1 N–H and O–H groups in total. The van der Waals surface area contributed by atoms with Crippen molar-refractivity contribution in [3.05, 3.63) is 42.1 Å². The molecule has 1 fully saturated rings. The van der Waals surface area contributed by atoms with E-state index >= 15 is 0 Å². The Morgan fingerprint density at radius 3 is 2.94 bits per heavy atom. The summed E-state index contributed by atoms with van der Waals surface area (Å²) in [5, 5.41) is 11.9. The molecule has 0 amide bonds. The van der Waals surface area contributed by atoms with Crippen LogP contribution in [0, 0.1) is 5.92 Å². The van der Waals surface area contributed by atoms with Gasteiger partial charge in [-0.3, -0.25) is 4.98 Å². The molecule has 1 saturated carbocycles. The first-order valence-electron chi connectivity index (χ1n) is 6.26. The molecule has 1 aromatic carbocycles. The molecular weight excluding hydrogens is 210 g/mol. The van der Waals surface area contributed by atoms with Crippen molar-refractivity contribution in [1.29, 1.82) is 0 Å². The minimum Gasteiger partial charge on any atom is -0.385 e. The number of hydrogen-bond donors (Lipinski definition) is 1. The van der Waals surface area contributed by atoms with Crippen LogP contribution >= 0.6 is 0 Å². The van der Waals surface area contributed by atoms with Gasteiger partial charge in [0.2, 0.25) is 0 Å². The van der Waals surface area contributed by atoms with Crippen LogP contribution in [0.5, 0.6) is 0 Å². The highest BCUT2D eigenvalue weighted by Crippen LogP contribution is 2.43. The van der Waals surface area contributed by atoms with E-state index in [1.807, 2.05) is 24.3 Å². The molecule has 1 aliphatic carbocycles. The van der Waals surface area contributed by atoms with E-state index < -0.39 is 5.60 Å². The fourth-order valence-electron chi connectivity index (χ4n) is 3.02. The van der Waals surface area contributed by atoms with Crippen LogP contribution < -0.4 is 0 Å². The van der Waals surface area contributed by atoms with Gasteiger partial charge in [0.25, 0.3) is 0 Å². The Bertz CT molecular complexity index is 546. The molecule has 2 heteroatoms. The number of pyridine rings is 1. The van der Waals surface area contributed by atoms with E-state index in [4.69, 9.17) is 0 Å². The third kappa shape index (κ3) is 1.73. The lowest BCUT2D eigenvalue weighted by molar-refractivity contribution is 0.0423. The van der Waals surface area contributed by atoms with Crippen molar-refractivity contribution in [2.24, 2.45) is 5.92 Å². The topological polar surface area (TPSA) is 33.1 Å². The molecule has 0 spiro atoms. The highest BCUT2D eigenvalue weighted by atomic mass is 16.3. The molecule has 2 atom stereocenters. The predicted molar refractivity (Wildman–Crippen MR) is 68.7 cm³/mol. The third-order valence-corrected chi connectivity index (χ3v) is 3.88. The molecule has 0 bridgehead atoms. The van der Waals surface area contributed by atoms with Gasteiger partial charge in [-0.05, 0) is 42.9 Å². The number of hydrogen-bond acceptors (Lipinski definition) is 2. The second kappa shape index (κ2) is 3.81. The van der Waals surface area contributed by atoms with Crippen LogP contribution in [0.2, 0.25) is 0 Å². The molecular formula is C15H17NO. The van der Waals surface area contributed by atoms with Gasteiger partial charge in [0.1, 0.15) is 0 Å².